The Morgan fingerprint density at radius 1 is 1.47 bits per heavy atom. The smallest absolute Gasteiger partial charge is 0.246 e. The lowest BCUT2D eigenvalue weighted by atomic mass is 10.3. The Kier molecular flexibility index (Phi) is 4.20. The molecular weight excluding hydrogens is 290 g/mol. The zero-order valence-electron chi connectivity index (χ0n) is 11.2. The predicted molar refractivity (Wildman–Crippen MR) is 71.9 cm³/mol. The summed E-state index contributed by atoms with van der Waals surface area (Å²) >= 11 is 5.78. The van der Waals surface area contributed by atoms with Gasteiger partial charge in [0.25, 0.3) is 0 Å². The molecule has 0 radical (unpaired) electrons. The maximum Gasteiger partial charge on any atom is 0.246 e. The van der Waals surface area contributed by atoms with Crippen LogP contribution in [-0.2, 0) is 14.8 Å². The first-order chi connectivity index (χ1) is 8.86. The van der Waals surface area contributed by atoms with Crippen LogP contribution >= 0.6 is 11.6 Å². The number of aryl methyl sites for hydroxylation is 2. The maximum atomic E-state index is 12.7. The first kappa shape index (κ1) is 14.8. The molecule has 1 aromatic rings. The van der Waals surface area contributed by atoms with Gasteiger partial charge in [-0.2, -0.15) is 9.40 Å². The molecule has 108 valence electrons. The van der Waals surface area contributed by atoms with E-state index in [1.54, 1.807) is 13.8 Å². The van der Waals surface area contributed by atoms with Crippen LogP contribution in [-0.4, -0.2) is 54.1 Å². The normalized spacial score (nSPS) is 25.7. The number of nitrogens with zero attached hydrogens (tertiary/aromatic N) is 2. The van der Waals surface area contributed by atoms with E-state index in [1.807, 2.05) is 6.92 Å². The van der Waals surface area contributed by atoms with Crippen molar-refractivity contribution in [2.75, 3.05) is 19.0 Å². The van der Waals surface area contributed by atoms with E-state index in [2.05, 4.69) is 10.2 Å². The summed E-state index contributed by atoms with van der Waals surface area (Å²) in [7, 11) is -3.56. The molecule has 0 aliphatic carbocycles. The van der Waals surface area contributed by atoms with Gasteiger partial charge in [0.2, 0.25) is 10.0 Å². The minimum atomic E-state index is -3.56. The number of alkyl halides is 1. The van der Waals surface area contributed by atoms with Gasteiger partial charge in [0, 0.05) is 19.0 Å². The summed E-state index contributed by atoms with van der Waals surface area (Å²) < 4.78 is 32.3. The van der Waals surface area contributed by atoms with Crippen molar-refractivity contribution in [1.29, 1.82) is 0 Å². The van der Waals surface area contributed by atoms with E-state index in [0.717, 1.165) is 0 Å². The third-order valence-corrected chi connectivity index (χ3v) is 5.56. The van der Waals surface area contributed by atoms with Crippen LogP contribution in [0.3, 0.4) is 0 Å². The summed E-state index contributed by atoms with van der Waals surface area (Å²) in [6.45, 7) is 5.84. The fourth-order valence-electron chi connectivity index (χ4n) is 2.33. The van der Waals surface area contributed by atoms with E-state index >= 15 is 0 Å². The molecule has 0 aromatic carbocycles. The van der Waals surface area contributed by atoms with Gasteiger partial charge in [-0.1, -0.05) is 0 Å². The summed E-state index contributed by atoms with van der Waals surface area (Å²) in [6.07, 6.45) is -0.438. The molecule has 1 aliphatic heterocycles. The third-order valence-electron chi connectivity index (χ3n) is 3.12. The highest BCUT2D eigenvalue weighted by Crippen LogP contribution is 2.25. The fourth-order valence-corrected chi connectivity index (χ4v) is 4.38. The number of morpholine rings is 1. The number of ether oxygens (including phenoxy) is 1. The number of hydrogen-bond acceptors (Lipinski definition) is 4. The van der Waals surface area contributed by atoms with E-state index in [1.165, 1.54) is 4.31 Å². The average molecular weight is 308 g/mol. The number of H-pyrrole nitrogens is 1. The SMILES string of the molecule is Cc1n[nH]c(C)c1S(=O)(=O)N1CC(C)OC(CCl)C1. The highest BCUT2D eigenvalue weighted by molar-refractivity contribution is 7.89. The van der Waals surface area contributed by atoms with E-state index in [-0.39, 0.29) is 29.5 Å². The van der Waals surface area contributed by atoms with Gasteiger partial charge in [0.05, 0.1) is 23.6 Å². The largest absolute Gasteiger partial charge is 0.371 e. The van der Waals surface area contributed by atoms with Crippen LogP contribution in [0.15, 0.2) is 4.90 Å². The topological polar surface area (TPSA) is 75.3 Å². The third kappa shape index (κ3) is 2.79. The summed E-state index contributed by atoms with van der Waals surface area (Å²) in [5, 5.41) is 6.65. The number of sulfonamides is 1. The quantitative estimate of drug-likeness (QED) is 0.847. The van der Waals surface area contributed by atoms with E-state index in [0.29, 0.717) is 17.9 Å². The second kappa shape index (κ2) is 5.40. The van der Waals surface area contributed by atoms with Crippen LogP contribution in [0.2, 0.25) is 0 Å². The Hall–Kier alpha value is -0.630. The van der Waals surface area contributed by atoms with Crippen LogP contribution in [0.1, 0.15) is 18.3 Å². The van der Waals surface area contributed by atoms with Crippen LogP contribution in [0.4, 0.5) is 0 Å². The number of aromatic amines is 1. The average Bonchev–Trinajstić information content (AvgIpc) is 2.68. The number of nitrogens with one attached hydrogen (secondary N) is 1. The summed E-state index contributed by atoms with van der Waals surface area (Å²) in [5.41, 5.74) is 1.04. The van der Waals surface area contributed by atoms with Crippen LogP contribution in [0.5, 0.6) is 0 Å². The van der Waals surface area contributed by atoms with Crippen LogP contribution in [0, 0.1) is 13.8 Å². The molecule has 2 rings (SSSR count). The molecule has 0 spiro atoms. The molecule has 8 heteroatoms. The lowest BCUT2D eigenvalue weighted by Crippen LogP contribution is -2.49. The van der Waals surface area contributed by atoms with Crippen molar-refractivity contribution in [1.82, 2.24) is 14.5 Å². The number of hydrogen-bond donors (Lipinski definition) is 1. The molecule has 0 saturated carbocycles. The Balaban J connectivity index is 2.34. The molecule has 1 N–H and O–H groups in total. The van der Waals surface area contributed by atoms with Gasteiger partial charge in [-0.15, -0.1) is 11.6 Å². The molecule has 2 unspecified atom stereocenters. The van der Waals surface area contributed by atoms with Crippen molar-refractivity contribution in [3.05, 3.63) is 11.4 Å². The molecule has 19 heavy (non-hydrogen) atoms. The zero-order chi connectivity index (χ0) is 14.2. The monoisotopic (exact) mass is 307 g/mol. The highest BCUT2D eigenvalue weighted by atomic mass is 35.5. The standard InChI is InChI=1S/C11H18ClN3O3S/c1-7-5-15(6-10(4-12)18-7)19(16,17)11-8(2)13-14-9(11)3/h7,10H,4-6H2,1-3H3,(H,13,14). The molecule has 0 amide bonds. The lowest BCUT2D eigenvalue weighted by molar-refractivity contribution is -0.0423. The molecule has 2 atom stereocenters. The van der Waals surface area contributed by atoms with Gasteiger partial charge in [-0.25, -0.2) is 8.42 Å². The minimum Gasteiger partial charge on any atom is -0.371 e. The van der Waals surface area contributed by atoms with Crippen molar-refractivity contribution in [2.24, 2.45) is 0 Å². The second-order valence-electron chi connectivity index (χ2n) is 4.81. The van der Waals surface area contributed by atoms with Gasteiger partial charge in [-0.3, -0.25) is 5.10 Å². The summed E-state index contributed by atoms with van der Waals surface area (Å²) in [4.78, 5) is 0.259. The van der Waals surface area contributed by atoms with E-state index in [4.69, 9.17) is 16.3 Å². The molecular formula is C11H18ClN3O3S. The molecule has 0 bridgehead atoms. The van der Waals surface area contributed by atoms with Crippen LogP contribution < -0.4 is 0 Å². The van der Waals surface area contributed by atoms with Crippen LogP contribution in [0.25, 0.3) is 0 Å². The Bertz CT molecular complexity index is 538. The molecule has 1 aromatic heterocycles. The minimum absolute atomic E-state index is 0.167. The van der Waals surface area contributed by atoms with Crippen molar-refractivity contribution in [3.8, 4) is 0 Å². The molecule has 6 nitrogen and oxygen atoms in total. The maximum absolute atomic E-state index is 12.7. The summed E-state index contributed by atoms with van der Waals surface area (Å²) in [6, 6.07) is 0. The molecule has 2 heterocycles. The fraction of sp³-hybridized carbons (Fsp3) is 0.727. The Morgan fingerprint density at radius 2 is 2.16 bits per heavy atom. The van der Waals surface area contributed by atoms with Crippen molar-refractivity contribution in [2.45, 2.75) is 37.9 Å². The number of aromatic nitrogens is 2. The van der Waals surface area contributed by atoms with Gasteiger partial charge in [0.15, 0.2) is 0 Å². The zero-order valence-corrected chi connectivity index (χ0v) is 12.8. The molecule has 1 fully saturated rings. The highest BCUT2D eigenvalue weighted by Gasteiger charge is 2.35. The second-order valence-corrected chi connectivity index (χ2v) is 6.99. The van der Waals surface area contributed by atoms with Crippen molar-refractivity contribution in [3.63, 3.8) is 0 Å². The molecule has 1 saturated heterocycles. The van der Waals surface area contributed by atoms with Gasteiger partial charge in [-0.05, 0) is 20.8 Å². The Labute approximate surface area is 118 Å². The summed E-state index contributed by atoms with van der Waals surface area (Å²) in [5.74, 6) is 0.277. The van der Waals surface area contributed by atoms with Crippen molar-refractivity contribution >= 4 is 21.6 Å². The van der Waals surface area contributed by atoms with Crippen molar-refractivity contribution < 1.29 is 13.2 Å². The first-order valence-electron chi connectivity index (χ1n) is 6.09. The van der Waals surface area contributed by atoms with E-state index < -0.39 is 10.0 Å². The van der Waals surface area contributed by atoms with Gasteiger partial charge >= 0.3 is 0 Å². The lowest BCUT2D eigenvalue weighted by Gasteiger charge is -2.35. The Morgan fingerprint density at radius 3 is 2.68 bits per heavy atom. The molecule has 1 aliphatic rings. The first-order valence-corrected chi connectivity index (χ1v) is 8.07. The number of rotatable bonds is 3. The van der Waals surface area contributed by atoms with Gasteiger partial charge < -0.3 is 4.74 Å². The van der Waals surface area contributed by atoms with Gasteiger partial charge in [0.1, 0.15) is 4.90 Å². The number of halogens is 1. The predicted octanol–water partition coefficient (Wildman–Crippen LogP) is 1.04. The van der Waals surface area contributed by atoms with E-state index in [9.17, 15) is 8.42 Å².